The molecule has 0 saturated heterocycles. The van der Waals surface area contributed by atoms with E-state index in [1.165, 1.54) is 135 Å². The van der Waals surface area contributed by atoms with E-state index in [0.717, 1.165) is 32.1 Å². The Hall–Kier alpha value is -0.990. The van der Waals surface area contributed by atoms with E-state index >= 15 is 0 Å². The molecule has 2 unspecified atom stereocenters. The molecule has 0 aliphatic rings. The molecular formula is C41H82NO8P. The molecule has 304 valence electrons. The average molecular weight is 748 g/mol. The van der Waals surface area contributed by atoms with Crippen LogP contribution in [0.2, 0.25) is 0 Å². The summed E-state index contributed by atoms with van der Waals surface area (Å²) in [5, 5.41) is 0. The van der Waals surface area contributed by atoms with Crippen molar-refractivity contribution in [1.29, 1.82) is 0 Å². The molecule has 9 nitrogen and oxygen atoms in total. The molecule has 0 aromatic rings. The second kappa shape index (κ2) is 34.8. The van der Waals surface area contributed by atoms with Crippen molar-refractivity contribution in [2.45, 2.75) is 206 Å². The van der Waals surface area contributed by atoms with Crippen molar-refractivity contribution >= 4 is 19.8 Å². The molecule has 0 fully saturated rings. The summed E-state index contributed by atoms with van der Waals surface area (Å²) in [6.45, 7) is 4.24. The van der Waals surface area contributed by atoms with Crippen LogP contribution < -0.4 is 4.89 Å². The first-order valence-electron chi connectivity index (χ1n) is 21.2. The Morgan fingerprint density at radius 2 is 0.882 bits per heavy atom. The number of unbranched alkanes of at least 4 members (excludes halogenated alkanes) is 25. The van der Waals surface area contributed by atoms with Gasteiger partial charge in [0.2, 0.25) is 0 Å². The van der Waals surface area contributed by atoms with Gasteiger partial charge in [0.05, 0.1) is 27.7 Å². The number of nitrogens with zero attached hydrogens (tertiary/aromatic N) is 1. The molecule has 0 aromatic heterocycles. The largest absolute Gasteiger partial charge is 0.756 e. The minimum Gasteiger partial charge on any atom is -0.756 e. The zero-order chi connectivity index (χ0) is 37.9. The number of carbonyl (C=O) groups excluding carboxylic acids is 2. The van der Waals surface area contributed by atoms with Crippen molar-refractivity contribution in [3.63, 3.8) is 0 Å². The molecular weight excluding hydrogens is 665 g/mol. The van der Waals surface area contributed by atoms with Crippen molar-refractivity contribution in [3.05, 3.63) is 0 Å². The molecule has 51 heavy (non-hydrogen) atoms. The maximum absolute atomic E-state index is 12.6. The monoisotopic (exact) mass is 748 g/mol. The molecule has 0 heterocycles. The van der Waals surface area contributed by atoms with Gasteiger partial charge in [-0.1, -0.05) is 174 Å². The number of hydrogen-bond acceptors (Lipinski definition) is 8. The Bertz CT molecular complexity index is 850. The molecule has 10 heteroatoms. The third-order valence-electron chi connectivity index (χ3n) is 9.38. The zero-order valence-electron chi connectivity index (χ0n) is 34.1. The summed E-state index contributed by atoms with van der Waals surface area (Å²) in [5.74, 6) is -0.824. The first kappa shape index (κ1) is 50.0. The molecule has 0 radical (unpaired) electrons. The van der Waals surface area contributed by atoms with Gasteiger partial charge in [0, 0.05) is 12.8 Å². The van der Waals surface area contributed by atoms with Gasteiger partial charge in [-0.25, -0.2) is 0 Å². The fourth-order valence-corrected chi connectivity index (χ4v) is 6.74. The Balaban J connectivity index is 4.30. The van der Waals surface area contributed by atoms with Crippen LogP contribution in [0, 0.1) is 0 Å². The smallest absolute Gasteiger partial charge is 0.306 e. The molecule has 0 saturated carbocycles. The van der Waals surface area contributed by atoms with Gasteiger partial charge in [-0.3, -0.25) is 14.2 Å². The van der Waals surface area contributed by atoms with E-state index in [-0.39, 0.29) is 32.0 Å². The van der Waals surface area contributed by atoms with Gasteiger partial charge in [-0.15, -0.1) is 0 Å². The predicted octanol–water partition coefficient (Wildman–Crippen LogP) is 11.0. The van der Waals surface area contributed by atoms with Crippen LogP contribution in [-0.4, -0.2) is 70.0 Å². The van der Waals surface area contributed by atoms with Crippen LogP contribution in [0.15, 0.2) is 0 Å². The molecule has 0 aliphatic carbocycles. The molecule has 0 aromatic carbocycles. The minimum atomic E-state index is -4.61. The molecule has 0 amide bonds. The Morgan fingerprint density at radius 3 is 1.25 bits per heavy atom. The topological polar surface area (TPSA) is 111 Å². The van der Waals surface area contributed by atoms with Gasteiger partial charge in [0.15, 0.2) is 6.10 Å². The van der Waals surface area contributed by atoms with E-state index in [1.807, 2.05) is 21.1 Å². The van der Waals surface area contributed by atoms with Crippen molar-refractivity contribution in [3.8, 4) is 0 Å². The van der Waals surface area contributed by atoms with Crippen LogP contribution in [0.3, 0.4) is 0 Å². The number of rotatable bonds is 39. The SMILES string of the molecule is CCCCCCCCCCCCCCCCCCCC(=O)OC(COC(=O)CCCCCCCCCCCC)COP(=O)([O-])OCC[N+](C)(C)C. The number of phosphoric ester groups is 1. The van der Waals surface area contributed by atoms with Crippen molar-refractivity contribution in [2.75, 3.05) is 47.5 Å². The van der Waals surface area contributed by atoms with Crippen LogP contribution in [0.25, 0.3) is 0 Å². The van der Waals surface area contributed by atoms with Crippen LogP contribution in [0.1, 0.15) is 200 Å². The first-order valence-corrected chi connectivity index (χ1v) is 22.7. The second-order valence-electron chi connectivity index (χ2n) is 15.7. The quantitative estimate of drug-likeness (QED) is 0.0264. The standard InChI is InChI=1S/C41H82NO8P/c1-6-8-10-12-14-16-18-19-20-21-22-23-24-26-28-30-32-34-41(44)50-39(38-49-51(45,46)48-36-35-42(3,4)5)37-47-40(43)33-31-29-27-25-17-15-13-11-9-7-2/h39H,6-38H2,1-5H3. The van der Waals surface area contributed by atoms with Gasteiger partial charge in [-0.2, -0.15) is 0 Å². The molecule has 2 atom stereocenters. The number of ether oxygens (including phenoxy) is 2. The lowest BCUT2D eigenvalue weighted by atomic mass is 10.0. The maximum atomic E-state index is 12.6. The summed E-state index contributed by atoms with van der Waals surface area (Å²) in [4.78, 5) is 37.4. The van der Waals surface area contributed by atoms with Crippen molar-refractivity contribution in [1.82, 2.24) is 0 Å². The lowest BCUT2D eigenvalue weighted by Crippen LogP contribution is -2.37. The van der Waals surface area contributed by atoms with Crippen LogP contribution in [0.4, 0.5) is 0 Å². The van der Waals surface area contributed by atoms with Gasteiger partial charge in [-0.05, 0) is 12.8 Å². The Labute approximate surface area is 314 Å². The third kappa shape index (κ3) is 38.5. The number of carbonyl (C=O) groups is 2. The Kier molecular flexibility index (Phi) is 34.1. The number of phosphoric acid groups is 1. The number of hydrogen-bond donors (Lipinski definition) is 0. The predicted molar refractivity (Wildman–Crippen MR) is 208 cm³/mol. The van der Waals surface area contributed by atoms with Crippen molar-refractivity contribution in [2.24, 2.45) is 0 Å². The van der Waals surface area contributed by atoms with Crippen LogP contribution in [0.5, 0.6) is 0 Å². The van der Waals surface area contributed by atoms with E-state index in [2.05, 4.69) is 13.8 Å². The van der Waals surface area contributed by atoms with Crippen LogP contribution in [-0.2, 0) is 32.7 Å². The molecule has 0 spiro atoms. The van der Waals surface area contributed by atoms with Crippen molar-refractivity contribution < 1.29 is 42.1 Å². The highest BCUT2D eigenvalue weighted by atomic mass is 31.2. The van der Waals surface area contributed by atoms with Gasteiger partial charge in [0.1, 0.15) is 19.8 Å². The van der Waals surface area contributed by atoms with E-state index in [4.69, 9.17) is 18.5 Å². The van der Waals surface area contributed by atoms with Crippen LogP contribution >= 0.6 is 7.82 Å². The minimum absolute atomic E-state index is 0.0259. The summed E-state index contributed by atoms with van der Waals surface area (Å²) >= 11 is 0. The summed E-state index contributed by atoms with van der Waals surface area (Å²) in [6.07, 6.45) is 32.7. The molecule has 0 N–H and O–H groups in total. The second-order valence-corrected chi connectivity index (χ2v) is 17.1. The summed E-state index contributed by atoms with van der Waals surface area (Å²) < 4.78 is 33.8. The van der Waals surface area contributed by atoms with Gasteiger partial charge < -0.3 is 27.9 Å². The highest BCUT2D eigenvalue weighted by Crippen LogP contribution is 2.38. The highest BCUT2D eigenvalue weighted by Gasteiger charge is 2.21. The zero-order valence-corrected chi connectivity index (χ0v) is 35.0. The molecule has 0 bridgehead atoms. The molecule has 0 rings (SSSR count). The maximum Gasteiger partial charge on any atom is 0.306 e. The van der Waals surface area contributed by atoms with E-state index < -0.39 is 26.5 Å². The fourth-order valence-electron chi connectivity index (χ4n) is 6.01. The molecule has 0 aliphatic heterocycles. The number of quaternary nitrogens is 1. The summed E-state index contributed by atoms with van der Waals surface area (Å²) in [6, 6.07) is 0. The van der Waals surface area contributed by atoms with Gasteiger partial charge >= 0.3 is 11.9 Å². The normalized spacial score (nSPS) is 13.6. The van der Waals surface area contributed by atoms with E-state index in [1.54, 1.807) is 0 Å². The van der Waals surface area contributed by atoms with E-state index in [9.17, 15) is 19.0 Å². The average Bonchev–Trinajstić information content (AvgIpc) is 3.07. The fraction of sp³-hybridized carbons (Fsp3) is 0.951. The van der Waals surface area contributed by atoms with Gasteiger partial charge in [0.25, 0.3) is 7.82 Å². The van der Waals surface area contributed by atoms with E-state index in [0.29, 0.717) is 17.4 Å². The Morgan fingerprint density at radius 1 is 0.529 bits per heavy atom. The lowest BCUT2D eigenvalue weighted by molar-refractivity contribution is -0.870. The third-order valence-corrected chi connectivity index (χ3v) is 10.3. The highest BCUT2D eigenvalue weighted by molar-refractivity contribution is 7.45. The number of likely N-dealkylation sites (N-methyl/N-ethyl adjacent to an activating group) is 1. The first-order chi connectivity index (χ1) is 24.5. The summed E-state index contributed by atoms with van der Waals surface area (Å²) in [7, 11) is 1.18. The summed E-state index contributed by atoms with van der Waals surface area (Å²) in [5.41, 5.74) is 0. The number of esters is 2. The lowest BCUT2D eigenvalue weighted by Gasteiger charge is -2.28.